The average molecular weight is 388 g/mol. The Morgan fingerprint density at radius 1 is 1.14 bits per heavy atom. The van der Waals surface area contributed by atoms with Crippen LogP contribution in [0.15, 0.2) is 50.3 Å². The first-order valence-corrected chi connectivity index (χ1v) is 9.80. The third-order valence-corrected chi connectivity index (χ3v) is 5.65. The number of benzene rings is 1. The topological polar surface area (TPSA) is 85.3 Å². The van der Waals surface area contributed by atoms with Gasteiger partial charge in [-0.2, -0.15) is 0 Å². The number of hydrogen-bond acceptors (Lipinski definition) is 5. The monoisotopic (exact) mass is 388 g/mol. The number of nitrogens with one attached hydrogen (secondary N) is 1. The Kier molecular flexibility index (Phi) is 4.19. The maximum absolute atomic E-state index is 12.6. The second-order valence-corrected chi connectivity index (χ2v) is 7.52. The van der Waals surface area contributed by atoms with Crippen LogP contribution in [-0.4, -0.2) is 10.9 Å². The summed E-state index contributed by atoms with van der Waals surface area (Å²) in [6.07, 6.45) is 7.38. The van der Waals surface area contributed by atoms with Gasteiger partial charge >= 0.3 is 5.63 Å². The molecule has 3 aromatic heterocycles. The average Bonchev–Trinajstić information content (AvgIpc) is 3.08. The molecule has 0 unspecified atom stereocenters. The fourth-order valence-corrected chi connectivity index (χ4v) is 4.15. The highest BCUT2D eigenvalue weighted by Crippen LogP contribution is 2.35. The van der Waals surface area contributed by atoms with Crippen molar-refractivity contribution in [3.05, 3.63) is 69.5 Å². The molecule has 1 N–H and O–H groups in total. The summed E-state index contributed by atoms with van der Waals surface area (Å²) >= 11 is 0. The highest BCUT2D eigenvalue weighted by molar-refractivity contribution is 5.98. The molecular formula is C23H20N2O4. The number of pyridine rings is 1. The molecule has 0 radical (unpaired) electrons. The molecule has 6 nitrogen and oxygen atoms in total. The molecule has 0 fully saturated rings. The van der Waals surface area contributed by atoms with E-state index in [1.165, 1.54) is 5.56 Å². The van der Waals surface area contributed by atoms with Gasteiger partial charge in [0.15, 0.2) is 0 Å². The highest BCUT2D eigenvalue weighted by Gasteiger charge is 2.21. The first kappa shape index (κ1) is 17.7. The van der Waals surface area contributed by atoms with Crippen LogP contribution in [0.1, 0.15) is 35.3 Å². The van der Waals surface area contributed by atoms with Crippen molar-refractivity contribution >= 4 is 33.5 Å². The summed E-state index contributed by atoms with van der Waals surface area (Å²) in [6, 6.07) is 7.33. The minimum atomic E-state index is -0.494. The van der Waals surface area contributed by atoms with Gasteiger partial charge in [0.25, 0.3) is 0 Å². The number of amides is 1. The molecule has 0 aliphatic heterocycles. The smallest absolute Gasteiger partial charge is 0.340 e. The van der Waals surface area contributed by atoms with Crippen LogP contribution in [0.3, 0.4) is 0 Å². The Morgan fingerprint density at radius 2 is 1.97 bits per heavy atom. The lowest BCUT2D eigenvalue weighted by molar-refractivity contribution is -0.115. The molecular weight excluding hydrogens is 368 g/mol. The lowest BCUT2D eigenvalue weighted by Crippen LogP contribution is -2.20. The van der Waals surface area contributed by atoms with Gasteiger partial charge in [-0.15, -0.1) is 0 Å². The van der Waals surface area contributed by atoms with Gasteiger partial charge in [-0.05, 0) is 49.9 Å². The normalized spacial score (nSPS) is 13.6. The number of aryl methyl sites for hydroxylation is 3. The fraction of sp³-hybridized carbons (Fsp3) is 0.261. The van der Waals surface area contributed by atoms with E-state index in [-0.39, 0.29) is 12.3 Å². The van der Waals surface area contributed by atoms with Gasteiger partial charge in [0.1, 0.15) is 16.9 Å². The first-order chi connectivity index (χ1) is 14.1. The van der Waals surface area contributed by atoms with Gasteiger partial charge in [-0.1, -0.05) is 0 Å². The van der Waals surface area contributed by atoms with Crippen LogP contribution >= 0.6 is 0 Å². The lowest BCUT2D eigenvalue weighted by atomic mass is 9.94. The number of furan rings is 1. The van der Waals surface area contributed by atoms with E-state index in [1.807, 2.05) is 13.0 Å². The number of fused-ring (bicyclic) bond motifs is 4. The summed E-state index contributed by atoms with van der Waals surface area (Å²) in [5.41, 5.74) is 3.74. The van der Waals surface area contributed by atoms with E-state index in [9.17, 15) is 9.59 Å². The second kappa shape index (κ2) is 6.88. The van der Waals surface area contributed by atoms with Crippen LogP contribution < -0.4 is 10.9 Å². The van der Waals surface area contributed by atoms with Crippen LogP contribution in [0.25, 0.3) is 21.9 Å². The Bertz CT molecular complexity index is 1300. The Labute approximate surface area is 166 Å². The van der Waals surface area contributed by atoms with E-state index in [1.54, 1.807) is 30.6 Å². The lowest BCUT2D eigenvalue weighted by Gasteiger charge is -2.10. The third kappa shape index (κ3) is 3.10. The zero-order chi connectivity index (χ0) is 20.0. The van der Waals surface area contributed by atoms with Gasteiger partial charge in [0, 0.05) is 35.0 Å². The van der Waals surface area contributed by atoms with Crippen LogP contribution in [0.4, 0.5) is 5.69 Å². The van der Waals surface area contributed by atoms with Crippen molar-refractivity contribution in [1.29, 1.82) is 0 Å². The number of anilines is 1. The quantitative estimate of drug-likeness (QED) is 0.529. The van der Waals surface area contributed by atoms with Crippen molar-refractivity contribution in [2.75, 3.05) is 5.32 Å². The Hall–Kier alpha value is -3.41. The van der Waals surface area contributed by atoms with Crippen molar-refractivity contribution in [1.82, 2.24) is 4.98 Å². The molecule has 1 aliphatic carbocycles. The van der Waals surface area contributed by atoms with Gasteiger partial charge in [0.05, 0.1) is 23.9 Å². The summed E-state index contributed by atoms with van der Waals surface area (Å²) in [7, 11) is 0. The van der Waals surface area contributed by atoms with Crippen molar-refractivity contribution < 1.29 is 13.6 Å². The molecule has 5 rings (SSSR count). The van der Waals surface area contributed by atoms with E-state index in [4.69, 9.17) is 8.83 Å². The molecule has 0 saturated heterocycles. The molecule has 6 heteroatoms. The minimum Gasteiger partial charge on any atom is -0.461 e. The minimum absolute atomic E-state index is 0.0550. The molecule has 0 spiro atoms. The van der Waals surface area contributed by atoms with E-state index < -0.39 is 5.63 Å². The molecule has 4 aromatic rings. The number of rotatable bonds is 3. The summed E-state index contributed by atoms with van der Waals surface area (Å²) < 4.78 is 11.6. The van der Waals surface area contributed by atoms with Crippen LogP contribution in [0.2, 0.25) is 0 Å². The number of carbonyl (C=O) groups is 1. The predicted octanol–water partition coefficient (Wildman–Crippen LogP) is 4.30. The van der Waals surface area contributed by atoms with Crippen LogP contribution in [0.5, 0.6) is 0 Å². The molecule has 0 bridgehead atoms. The standard InChI is InChI=1S/C23H20N2O4/c1-13-16-9-18-15-6-2-3-7-19(15)28-21(18)11-20(16)29-23(27)17(13)10-22(26)25-14-5-4-8-24-12-14/h4-5,8-9,11-12H,2-3,6-7,10H2,1H3,(H,25,26). The molecule has 1 aromatic carbocycles. The highest BCUT2D eigenvalue weighted by atomic mass is 16.4. The van der Waals surface area contributed by atoms with Crippen molar-refractivity contribution in [2.45, 2.75) is 39.0 Å². The fourth-order valence-electron chi connectivity index (χ4n) is 4.15. The summed E-state index contributed by atoms with van der Waals surface area (Å²) in [4.78, 5) is 29.0. The number of hydrogen-bond donors (Lipinski definition) is 1. The molecule has 146 valence electrons. The summed E-state index contributed by atoms with van der Waals surface area (Å²) in [5.74, 6) is 0.757. The van der Waals surface area contributed by atoms with Gasteiger partial charge in [0.2, 0.25) is 5.91 Å². The molecule has 1 aliphatic rings. The van der Waals surface area contributed by atoms with Crippen molar-refractivity contribution in [2.24, 2.45) is 0 Å². The molecule has 0 saturated carbocycles. The Morgan fingerprint density at radius 3 is 2.79 bits per heavy atom. The SMILES string of the molecule is Cc1c(CC(=O)Nc2cccnc2)c(=O)oc2cc3oc4c(c3cc12)CCCC4. The van der Waals surface area contributed by atoms with E-state index in [2.05, 4.69) is 10.3 Å². The van der Waals surface area contributed by atoms with Crippen molar-refractivity contribution in [3.63, 3.8) is 0 Å². The van der Waals surface area contributed by atoms with Crippen LogP contribution in [0, 0.1) is 6.92 Å². The van der Waals surface area contributed by atoms with Gasteiger partial charge < -0.3 is 14.2 Å². The van der Waals surface area contributed by atoms with Crippen molar-refractivity contribution in [3.8, 4) is 0 Å². The largest absolute Gasteiger partial charge is 0.461 e. The molecule has 1 amide bonds. The predicted molar refractivity (Wildman–Crippen MR) is 110 cm³/mol. The van der Waals surface area contributed by atoms with E-state index in [0.717, 1.165) is 53.4 Å². The zero-order valence-corrected chi connectivity index (χ0v) is 16.1. The van der Waals surface area contributed by atoms with Gasteiger partial charge in [-0.3, -0.25) is 9.78 Å². The molecule has 3 heterocycles. The Balaban J connectivity index is 1.56. The number of nitrogens with zero attached hydrogens (tertiary/aromatic N) is 1. The van der Waals surface area contributed by atoms with Crippen LogP contribution in [-0.2, 0) is 24.1 Å². The second-order valence-electron chi connectivity index (χ2n) is 7.52. The number of aromatic nitrogens is 1. The maximum Gasteiger partial charge on any atom is 0.340 e. The maximum atomic E-state index is 12.6. The third-order valence-electron chi connectivity index (χ3n) is 5.65. The first-order valence-electron chi connectivity index (χ1n) is 9.80. The van der Waals surface area contributed by atoms with E-state index >= 15 is 0 Å². The molecule has 0 atom stereocenters. The zero-order valence-electron chi connectivity index (χ0n) is 16.1. The summed E-state index contributed by atoms with van der Waals surface area (Å²) in [6.45, 7) is 1.87. The van der Waals surface area contributed by atoms with Gasteiger partial charge in [-0.25, -0.2) is 4.79 Å². The molecule has 29 heavy (non-hydrogen) atoms. The van der Waals surface area contributed by atoms with E-state index in [0.29, 0.717) is 16.8 Å². The number of carbonyl (C=O) groups excluding carboxylic acids is 1. The summed E-state index contributed by atoms with van der Waals surface area (Å²) in [5, 5.41) is 4.68.